The number of ether oxygens (including phenoxy) is 3. The molecule has 1 aliphatic rings. The topological polar surface area (TPSA) is 120 Å². The minimum absolute atomic E-state index is 0.102. The van der Waals surface area contributed by atoms with E-state index in [1.807, 2.05) is 0 Å². The lowest BCUT2D eigenvalue weighted by molar-refractivity contribution is -0.127. The van der Waals surface area contributed by atoms with Crippen LogP contribution in [-0.2, 0) is 9.59 Å². The molecule has 0 saturated carbocycles. The summed E-state index contributed by atoms with van der Waals surface area (Å²) in [5.41, 5.74) is 0.873. The van der Waals surface area contributed by atoms with Gasteiger partial charge in [-0.1, -0.05) is 17.7 Å². The van der Waals surface area contributed by atoms with Crippen molar-refractivity contribution in [2.75, 3.05) is 25.6 Å². The fourth-order valence-electron chi connectivity index (χ4n) is 3.35. The van der Waals surface area contributed by atoms with Gasteiger partial charge in [-0.2, -0.15) is 9.37 Å². The lowest BCUT2D eigenvalue weighted by Crippen LogP contribution is -2.36. The number of aromatic nitrogens is 2. The highest BCUT2D eigenvalue weighted by atomic mass is 35.5. The lowest BCUT2D eigenvalue weighted by atomic mass is 10.2. The van der Waals surface area contributed by atoms with Crippen molar-refractivity contribution in [3.8, 4) is 23.1 Å². The Hall–Kier alpha value is -3.87. The van der Waals surface area contributed by atoms with E-state index in [-0.39, 0.29) is 34.2 Å². The van der Waals surface area contributed by atoms with Gasteiger partial charge in [0.15, 0.2) is 11.5 Å². The number of anilines is 1. The first kappa shape index (κ1) is 28.1. The van der Waals surface area contributed by atoms with Crippen LogP contribution in [0.25, 0.3) is 6.08 Å². The van der Waals surface area contributed by atoms with Gasteiger partial charge in [-0.05, 0) is 72.3 Å². The van der Waals surface area contributed by atoms with Gasteiger partial charge < -0.3 is 19.5 Å². The van der Waals surface area contributed by atoms with Crippen LogP contribution in [0.4, 0.5) is 14.9 Å². The van der Waals surface area contributed by atoms with Gasteiger partial charge in [0.2, 0.25) is 17.0 Å². The maximum atomic E-state index is 14.0. The number of nitrogens with zero attached hydrogens (tertiary/aromatic N) is 3. The Morgan fingerprint density at radius 2 is 1.92 bits per heavy atom. The Balaban J connectivity index is 1.48. The molecule has 0 aliphatic carbocycles. The number of hydrogen-bond donors (Lipinski definition) is 1. The van der Waals surface area contributed by atoms with Gasteiger partial charge in [-0.15, -0.1) is 0 Å². The minimum Gasteiger partial charge on any atom is -0.495 e. The second-order valence-electron chi connectivity index (χ2n) is 7.70. The maximum Gasteiger partial charge on any atom is 0.294 e. The van der Waals surface area contributed by atoms with Gasteiger partial charge in [0.25, 0.3) is 17.0 Å². The molecule has 2 heterocycles. The molecular weight excluding hydrogens is 574 g/mol. The van der Waals surface area contributed by atoms with Crippen molar-refractivity contribution in [1.29, 1.82) is 0 Å². The number of imide groups is 1. The first-order chi connectivity index (χ1) is 18.7. The molecule has 0 radical (unpaired) electrons. The van der Waals surface area contributed by atoms with E-state index in [1.165, 1.54) is 25.3 Å². The summed E-state index contributed by atoms with van der Waals surface area (Å²) in [5.74, 6) is -1.62. The van der Waals surface area contributed by atoms with Crippen molar-refractivity contribution in [3.05, 3.63) is 69.2 Å². The molecule has 1 N–H and O–H groups in total. The molecule has 14 heteroatoms. The van der Waals surface area contributed by atoms with E-state index < -0.39 is 29.4 Å². The van der Waals surface area contributed by atoms with Crippen LogP contribution in [0.1, 0.15) is 12.5 Å². The highest BCUT2D eigenvalue weighted by Crippen LogP contribution is 2.36. The van der Waals surface area contributed by atoms with Crippen molar-refractivity contribution >= 4 is 63.8 Å². The van der Waals surface area contributed by atoms with Gasteiger partial charge in [-0.3, -0.25) is 19.3 Å². The van der Waals surface area contributed by atoms with Gasteiger partial charge in [-0.25, -0.2) is 4.98 Å². The van der Waals surface area contributed by atoms with Gasteiger partial charge >= 0.3 is 0 Å². The molecule has 1 aromatic heterocycles. The fourth-order valence-corrected chi connectivity index (χ4v) is 4.57. The first-order valence-corrected chi connectivity index (χ1v) is 12.8. The molecule has 2 aromatic carbocycles. The number of benzene rings is 2. The summed E-state index contributed by atoms with van der Waals surface area (Å²) >= 11 is 12.5. The Kier molecular flexibility index (Phi) is 8.90. The highest BCUT2D eigenvalue weighted by molar-refractivity contribution is 8.18. The predicted molar refractivity (Wildman–Crippen MR) is 144 cm³/mol. The predicted octanol–water partition coefficient (Wildman–Crippen LogP) is 5.80. The number of carbonyl (C=O) groups excluding carboxylic acids is 3. The second-order valence-corrected chi connectivity index (χ2v) is 9.44. The zero-order valence-corrected chi connectivity index (χ0v) is 22.7. The SMILES string of the molecule is CCOc1cc(/C=C2/SC(=O)N(CC(=O)Nc3ccc(OC)c(Cl)c3)C2=O)ccc1Oc1nc(Cl)ncc1F. The molecule has 0 atom stereocenters. The number of halogens is 3. The highest BCUT2D eigenvalue weighted by Gasteiger charge is 2.36. The number of carbonyl (C=O) groups is 3. The summed E-state index contributed by atoms with van der Waals surface area (Å²) in [4.78, 5) is 46.1. The maximum absolute atomic E-state index is 14.0. The van der Waals surface area contributed by atoms with Crippen molar-refractivity contribution < 1.29 is 33.0 Å². The van der Waals surface area contributed by atoms with Crippen LogP contribution in [0.3, 0.4) is 0 Å². The van der Waals surface area contributed by atoms with Gasteiger partial charge in [0.05, 0.1) is 29.8 Å². The summed E-state index contributed by atoms with van der Waals surface area (Å²) < 4.78 is 30.2. The summed E-state index contributed by atoms with van der Waals surface area (Å²) in [6.07, 6.45) is 2.35. The van der Waals surface area contributed by atoms with Gasteiger partial charge in [0.1, 0.15) is 12.3 Å². The number of thioether (sulfide) groups is 1. The van der Waals surface area contributed by atoms with E-state index in [1.54, 1.807) is 31.2 Å². The Bertz CT molecular complexity index is 1490. The molecule has 3 amide bonds. The number of amides is 3. The van der Waals surface area contributed by atoms with Crippen LogP contribution in [0, 0.1) is 5.82 Å². The number of nitrogens with one attached hydrogen (secondary N) is 1. The van der Waals surface area contributed by atoms with Crippen LogP contribution < -0.4 is 19.5 Å². The summed E-state index contributed by atoms with van der Waals surface area (Å²) in [5, 5.41) is 2.09. The van der Waals surface area contributed by atoms with Crippen LogP contribution in [-0.4, -0.2) is 52.2 Å². The van der Waals surface area contributed by atoms with Gasteiger partial charge in [0, 0.05) is 5.69 Å². The van der Waals surface area contributed by atoms with E-state index in [0.717, 1.165) is 11.1 Å². The molecule has 0 spiro atoms. The lowest BCUT2D eigenvalue weighted by Gasteiger charge is -2.13. The second kappa shape index (κ2) is 12.3. The number of hydrogen-bond acceptors (Lipinski definition) is 9. The normalized spacial score (nSPS) is 14.1. The third kappa shape index (κ3) is 6.77. The third-order valence-electron chi connectivity index (χ3n) is 5.07. The molecule has 1 aliphatic heterocycles. The molecule has 3 aromatic rings. The largest absolute Gasteiger partial charge is 0.495 e. The van der Waals surface area contributed by atoms with Crippen LogP contribution in [0.2, 0.25) is 10.3 Å². The summed E-state index contributed by atoms with van der Waals surface area (Å²) in [6.45, 7) is 1.52. The van der Waals surface area contributed by atoms with E-state index in [4.69, 9.17) is 37.4 Å². The first-order valence-electron chi connectivity index (χ1n) is 11.2. The van der Waals surface area contributed by atoms with Crippen LogP contribution >= 0.6 is 35.0 Å². The minimum atomic E-state index is -0.821. The molecular formula is C25H19Cl2FN4O6S. The number of methoxy groups -OCH3 is 1. The Labute approximate surface area is 236 Å². The molecule has 1 saturated heterocycles. The monoisotopic (exact) mass is 592 g/mol. The molecule has 4 rings (SSSR count). The fraction of sp³-hybridized carbons (Fsp3) is 0.160. The quantitative estimate of drug-likeness (QED) is 0.243. The van der Waals surface area contributed by atoms with E-state index >= 15 is 0 Å². The van der Waals surface area contributed by atoms with E-state index in [0.29, 0.717) is 33.8 Å². The van der Waals surface area contributed by atoms with E-state index in [9.17, 15) is 18.8 Å². The average Bonchev–Trinajstić information content (AvgIpc) is 3.15. The van der Waals surface area contributed by atoms with Crippen molar-refractivity contribution in [2.45, 2.75) is 6.92 Å². The summed E-state index contributed by atoms with van der Waals surface area (Å²) in [7, 11) is 1.46. The smallest absolute Gasteiger partial charge is 0.294 e. The molecule has 10 nitrogen and oxygen atoms in total. The zero-order valence-electron chi connectivity index (χ0n) is 20.4. The molecule has 0 bridgehead atoms. The standard InChI is InChI=1S/C25H19Cl2FN4O6S/c1-3-37-19-8-13(4-6-18(19)38-22-16(28)11-29-24(27)31-22)9-20-23(34)32(25(35)39-20)12-21(33)30-14-5-7-17(36-2)15(26)10-14/h4-11H,3,12H2,1-2H3,(H,30,33)/b20-9+. The van der Waals surface area contributed by atoms with Crippen molar-refractivity contribution in [3.63, 3.8) is 0 Å². The third-order valence-corrected chi connectivity index (χ3v) is 6.45. The average molecular weight is 593 g/mol. The van der Waals surface area contributed by atoms with E-state index in [2.05, 4.69) is 15.3 Å². The summed E-state index contributed by atoms with van der Waals surface area (Å²) in [6, 6.07) is 9.26. The molecule has 39 heavy (non-hydrogen) atoms. The molecule has 1 fully saturated rings. The molecule has 0 unspecified atom stereocenters. The zero-order chi connectivity index (χ0) is 28.1. The van der Waals surface area contributed by atoms with Crippen molar-refractivity contribution in [1.82, 2.24) is 14.9 Å². The Morgan fingerprint density at radius 3 is 2.64 bits per heavy atom. The Morgan fingerprint density at radius 1 is 1.15 bits per heavy atom. The molecule has 202 valence electrons. The number of rotatable bonds is 9. The van der Waals surface area contributed by atoms with Crippen molar-refractivity contribution in [2.24, 2.45) is 0 Å². The van der Waals surface area contributed by atoms with Crippen LogP contribution in [0.15, 0.2) is 47.5 Å². The van der Waals surface area contributed by atoms with Crippen LogP contribution in [0.5, 0.6) is 23.1 Å².